The first-order valence-electron chi connectivity index (χ1n) is 11.8. The zero-order valence-electron chi connectivity index (χ0n) is 20.0. The summed E-state index contributed by atoms with van der Waals surface area (Å²) in [7, 11) is 1.71. The molecule has 0 unspecified atom stereocenters. The van der Waals surface area contributed by atoms with Gasteiger partial charge in [-0.05, 0) is 37.8 Å². The van der Waals surface area contributed by atoms with Gasteiger partial charge < -0.3 is 25.4 Å². The quantitative estimate of drug-likeness (QED) is 0.282. The van der Waals surface area contributed by atoms with Gasteiger partial charge in [0.2, 0.25) is 5.91 Å². The van der Waals surface area contributed by atoms with Crippen molar-refractivity contribution in [2.45, 2.75) is 26.2 Å². The van der Waals surface area contributed by atoms with E-state index >= 15 is 0 Å². The number of amides is 2. The third kappa shape index (κ3) is 4.63. The summed E-state index contributed by atoms with van der Waals surface area (Å²) in [6, 6.07) is 3.91. The van der Waals surface area contributed by atoms with E-state index in [-0.39, 0.29) is 18.4 Å². The van der Waals surface area contributed by atoms with Crippen LogP contribution in [0.25, 0.3) is 21.1 Å². The monoisotopic (exact) mass is 509 g/mol. The molecule has 0 fully saturated rings. The van der Waals surface area contributed by atoms with Gasteiger partial charge in [-0.1, -0.05) is 0 Å². The molecule has 11 nitrogen and oxygen atoms in total. The summed E-state index contributed by atoms with van der Waals surface area (Å²) in [6.07, 6.45) is 4.32. The molecule has 3 heterocycles. The van der Waals surface area contributed by atoms with E-state index in [9.17, 15) is 9.59 Å². The molecule has 188 valence electrons. The highest BCUT2D eigenvalue weighted by atomic mass is 32.1. The number of carboxylic acid groups (broad SMARTS) is 1. The Kier molecular flexibility index (Phi) is 6.59. The summed E-state index contributed by atoms with van der Waals surface area (Å²) in [4.78, 5) is 36.4. The first-order chi connectivity index (χ1) is 17.4. The predicted molar refractivity (Wildman–Crippen MR) is 137 cm³/mol. The molecule has 1 aliphatic carbocycles. The minimum absolute atomic E-state index is 0.0319. The lowest BCUT2D eigenvalue weighted by molar-refractivity contribution is -0.134. The zero-order valence-corrected chi connectivity index (χ0v) is 20.8. The average molecular weight is 510 g/mol. The van der Waals surface area contributed by atoms with Crippen LogP contribution in [0.2, 0.25) is 0 Å². The van der Waals surface area contributed by atoms with Gasteiger partial charge in [0, 0.05) is 42.4 Å². The zero-order chi connectivity index (χ0) is 25.2. The lowest BCUT2D eigenvalue weighted by atomic mass is 9.87. The number of aromatic nitrogens is 4. The molecular weight excluding hydrogens is 482 g/mol. The van der Waals surface area contributed by atoms with Crippen LogP contribution in [0.15, 0.2) is 24.7 Å². The second-order valence-electron chi connectivity index (χ2n) is 8.70. The third-order valence-corrected chi connectivity index (χ3v) is 7.55. The number of ether oxygens (including phenoxy) is 1. The van der Waals surface area contributed by atoms with E-state index < -0.39 is 6.09 Å². The maximum absolute atomic E-state index is 13.0. The maximum Gasteiger partial charge on any atom is 0.404 e. The van der Waals surface area contributed by atoms with Gasteiger partial charge in [-0.25, -0.2) is 14.8 Å². The van der Waals surface area contributed by atoms with Crippen LogP contribution in [0, 0.1) is 5.92 Å². The Bertz CT molecular complexity index is 1430. The van der Waals surface area contributed by atoms with Crippen LogP contribution < -0.4 is 15.4 Å². The smallest absolute Gasteiger partial charge is 0.404 e. The molecule has 0 bridgehead atoms. The number of fused-ring (bicyclic) bond motifs is 4. The van der Waals surface area contributed by atoms with Crippen molar-refractivity contribution < 1.29 is 19.4 Å². The summed E-state index contributed by atoms with van der Waals surface area (Å²) < 4.78 is 5.87. The number of thiophene rings is 1. The number of rotatable bonds is 8. The Hall–Kier alpha value is -3.93. The predicted octanol–water partition coefficient (Wildman–Crippen LogP) is 3.54. The Morgan fingerprint density at radius 2 is 2.19 bits per heavy atom. The molecule has 0 saturated heterocycles. The van der Waals surface area contributed by atoms with Crippen LogP contribution in [0.1, 0.15) is 23.8 Å². The van der Waals surface area contributed by atoms with Crippen molar-refractivity contribution >= 4 is 56.0 Å². The lowest BCUT2D eigenvalue weighted by Gasteiger charge is -2.26. The summed E-state index contributed by atoms with van der Waals surface area (Å²) >= 11 is 1.60. The van der Waals surface area contributed by atoms with Crippen molar-refractivity contribution in [1.29, 1.82) is 0 Å². The van der Waals surface area contributed by atoms with Crippen molar-refractivity contribution in [2.75, 3.05) is 32.1 Å². The number of likely N-dealkylation sites (N-methyl/N-ethyl adjacent to an activating group) is 1. The Morgan fingerprint density at radius 1 is 1.33 bits per heavy atom. The molecule has 0 spiro atoms. The number of aromatic amines is 1. The summed E-state index contributed by atoms with van der Waals surface area (Å²) in [5.41, 5.74) is 2.87. The molecule has 0 radical (unpaired) electrons. The number of carbonyl (C=O) groups excluding carboxylic acids is 1. The van der Waals surface area contributed by atoms with Gasteiger partial charge in [-0.15, -0.1) is 11.3 Å². The Labute approximate surface area is 210 Å². The van der Waals surface area contributed by atoms with Gasteiger partial charge in [-0.3, -0.25) is 9.89 Å². The second kappa shape index (κ2) is 9.97. The SMILES string of the molecule is CCOc1cc2[nH]ncc2cc1Nc1ncnc2sc3c(c12)CC[C@H](C(=O)N(C)CCNC(=O)O)C3. The molecule has 2 amide bonds. The number of benzene rings is 1. The standard InChI is InChI=1S/C24H27N7O4S/c1-3-35-18-10-16-14(11-28-30-16)8-17(18)29-21-20-15-5-4-13(9-19(15)36-22(20)27-12-26-21)23(32)31(2)7-6-25-24(33)34/h8,10-13,25H,3-7,9H2,1-2H3,(H,28,30)(H,33,34)(H,26,27,29)/t13-/m0/s1. The lowest BCUT2D eigenvalue weighted by Crippen LogP contribution is -2.40. The van der Waals surface area contributed by atoms with Gasteiger partial charge in [0.15, 0.2) is 0 Å². The summed E-state index contributed by atoms with van der Waals surface area (Å²) in [6.45, 7) is 3.01. The highest BCUT2D eigenvalue weighted by Gasteiger charge is 2.30. The van der Waals surface area contributed by atoms with Crippen LogP contribution in [-0.4, -0.2) is 68.9 Å². The van der Waals surface area contributed by atoms with Crippen molar-refractivity contribution in [2.24, 2.45) is 5.92 Å². The number of aryl methyl sites for hydroxylation is 1. The van der Waals surface area contributed by atoms with E-state index in [1.165, 1.54) is 5.56 Å². The molecule has 3 aromatic heterocycles. The maximum atomic E-state index is 13.0. The fourth-order valence-electron chi connectivity index (χ4n) is 4.64. The number of carbonyl (C=O) groups is 2. The van der Waals surface area contributed by atoms with E-state index in [2.05, 4.69) is 30.8 Å². The first-order valence-corrected chi connectivity index (χ1v) is 12.6. The minimum Gasteiger partial charge on any atom is -0.492 e. The van der Waals surface area contributed by atoms with Crippen LogP contribution in [0.4, 0.5) is 16.3 Å². The molecule has 1 atom stereocenters. The van der Waals surface area contributed by atoms with E-state index in [1.54, 1.807) is 35.8 Å². The first kappa shape index (κ1) is 23.8. The van der Waals surface area contributed by atoms with E-state index in [1.807, 2.05) is 19.1 Å². The van der Waals surface area contributed by atoms with Gasteiger partial charge in [-0.2, -0.15) is 5.10 Å². The second-order valence-corrected chi connectivity index (χ2v) is 9.78. The Morgan fingerprint density at radius 3 is 3.00 bits per heavy atom. The Balaban J connectivity index is 1.40. The molecule has 12 heteroatoms. The molecule has 4 N–H and O–H groups in total. The van der Waals surface area contributed by atoms with Crippen LogP contribution in [0.5, 0.6) is 5.75 Å². The van der Waals surface area contributed by atoms with Crippen LogP contribution in [0.3, 0.4) is 0 Å². The molecule has 4 aromatic rings. The van der Waals surface area contributed by atoms with E-state index in [0.717, 1.165) is 38.1 Å². The molecule has 0 saturated carbocycles. The summed E-state index contributed by atoms with van der Waals surface area (Å²) in [5, 5.41) is 23.5. The van der Waals surface area contributed by atoms with Gasteiger partial charge in [0.05, 0.1) is 29.4 Å². The van der Waals surface area contributed by atoms with Crippen molar-refractivity contribution in [1.82, 2.24) is 30.4 Å². The van der Waals surface area contributed by atoms with Crippen LogP contribution >= 0.6 is 11.3 Å². The normalized spacial score (nSPS) is 15.0. The van der Waals surface area contributed by atoms with Crippen molar-refractivity contribution in [3.63, 3.8) is 0 Å². The van der Waals surface area contributed by atoms with Gasteiger partial charge in [0.1, 0.15) is 22.7 Å². The van der Waals surface area contributed by atoms with E-state index in [4.69, 9.17) is 9.84 Å². The molecule has 1 aliphatic rings. The number of hydrogen-bond donors (Lipinski definition) is 4. The third-order valence-electron chi connectivity index (χ3n) is 6.39. The molecule has 36 heavy (non-hydrogen) atoms. The largest absolute Gasteiger partial charge is 0.492 e. The van der Waals surface area contributed by atoms with Gasteiger partial charge >= 0.3 is 6.09 Å². The number of nitrogens with zero attached hydrogens (tertiary/aromatic N) is 4. The van der Waals surface area contributed by atoms with Gasteiger partial charge in [0.25, 0.3) is 0 Å². The minimum atomic E-state index is -1.09. The fourth-order valence-corrected chi connectivity index (χ4v) is 5.91. The molecule has 0 aliphatic heterocycles. The number of hydrogen-bond acceptors (Lipinski definition) is 8. The highest BCUT2D eigenvalue weighted by molar-refractivity contribution is 7.19. The summed E-state index contributed by atoms with van der Waals surface area (Å²) in [5.74, 6) is 1.31. The van der Waals surface area contributed by atoms with E-state index in [0.29, 0.717) is 37.6 Å². The fraction of sp³-hybridized carbons (Fsp3) is 0.375. The highest BCUT2D eigenvalue weighted by Crippen LogP contribution is 2.42. The van der Waals surface area contributed by atoms with Crippen molar-refractivity contribution in [3.8, 4) is 5.75 Å². The topological polar surface area (TPSA) is 145 Å². The van der Waals surface area contributed by atoms with Crippen LogP contribution in [-0.2, 0) is 17.6 Å². The molecule has 1 aromatic carbocycles. The number of nitrogens with one attached hydrogen (secondary N) is 3. The number of anilines is 2. The number of H-pyrrole nitrogens is 1. The van der Waals surface area contributed by atoms with Crippen molar-refractivity contribution in [3.05, 3.63) is 35.1 Å². The molecular formula is C24H27N7O4S. The average Bonchev–Trinajstić information content (AvgIpc) is 3.47. The molecule has 5 rings (SSSR count).